The molecule has 3 heteroatoms. The molecule has 1 aliphatic heterocycles. The number of rotatable bonds is 4. The second-order valence-electron chi connectivity index (χ2n) is 5.11. The quantitative estimate of drug-likeness (QED) is 0.885. The lowest BCUT2D eigenvalue weighted by Crippen LogP contribution is -2.38. The van der Waals surface area contributed by atoms with Crippen LogP contribution in [0.1, 0.15) is 24.0 Å². The molecule has 1 unspecified atom stereocenters. The molecule has 1 atom stereocenters. The molecule has 100 valence electrons. The summed E-state index contributed by atoms with van der Waals surface area (Å²) in [6, 6.07) is 4.87. The van der Waals surface area contributed by atoms with Crippen molar-refractivity contribution in [1.29, 1.82) is 0 Å². The number of fused-ring (bicyclic) bond motifs is 1. The molecular weight excluding hydrogens is 224 g/mol. The standard InChI is InChI=1S/C15H24N2O/c1-11-5-8-14(18-4)15-13(11)7-6-12(17(15)3)9-10-16-2/h5,8,12,16H,6-7,9-10H2,1-4H3. The van der Waals surface area contributed by atoms with E-state index >= 15 is 0 Å². The number of nitrogens with zero attached hydrogens (tertiary/aromatic N) is 1. The third-order valence-corrected chi connectivity index (χ3v) is 4.06. The summed E-state index contributed by atoms with van der Waals surface area (Å²) in [7, 11) is 5.97. The van der Waals surface area contributed by atoms with E-state index in [4.69, 9.17) is 4.74 Å². The number of hydrogen-bond acceptors (Lipinski definition) is 3. The number of aryl methyl sites for hydroxylation is 1. The highest BCUT2D eigenvalue weighted by Gasteiger charge is 2.26. The predicted molar refractivity (Wildman–Crippen MR) is 76.8 cm³/mol. The van der Waals surface area contributed by atoms with Gasteiger partial charge in [0.05, 0.1) is 12.8 Å². The van der Waals surface area contributed by atoms with Crippen molar-refractivity contribution in [3.05, 3.63) is 23.3 Å². The molecule has 1 aromatic rings. The number of hydrogen-bond donors (Lipinski definition) is 1. The summed E-state index contributed by atoms with van der Waals surface area (Å²) in [5.41, 5.74) is 4.13. The zero-order valence-electron chi connectivity index (χ0n) is 11.9. The van der Waals surface area contributed by atoms with E-state index in [1.54, 1.807) is 7.11 Å². The van der Waals surface area contributed by atoms with Crippen molar-refractivity contribution in [3.63, 3.8) is 0 Å². The number of benzene rings is 1. The molecule has 0 amide bonds. The zero-order valence-corrected chi connectivity index (χ0v) is 11.9. The smallest absolute Gasteiger partial charge is 0.142 e. The molecule has 0 radical (unpaired) electrons. The van der Waals surface area contributed by atoms with Gasteiger partial charge in [-0.05, 0) is 57.0 Å². The fraction of sp³-hybridized carbons (Fsp3) is 0.600. The van der Waals surface area contributed by atoms with Gasteiger partial charge in [0.2, 0.25) is 0 Å². The first-order valence-electron chi connectivity index (χ1n) is 6.73. The van der Waals surface area contributed by atoms with Crippen molar-refractivity contribution in [1.82, 2.24) is 5.32 Å². The van der Waals surface area contributed by atoms with E-state index in [-0.39, 0.29) is 0 Å². The number of ether oxygens (including phenoxy) is 1. The van der Waals surface area contributed by atoms with E-state index in [0.717, 1.165) is 18.7 Å². The Morgan fingerprint density at radius 1 is 1.44 bits per heavy atom. The van der Waals surface area contributed by atoms with E-state index < -0.39 is 0 Å². The molecule has 0 aromatic heterocycles. The van der Waals surface area contributed by atoms with Crippen LogP contribution in [-0.4, -0.2) is 33.8 Å². The maximum atomic E-state index is 5.53. The highest BCUT2D eigenvalue weighted by molar-refractivity contribution is 5.67. The van der Waals surface area contributed by atoms with Crippen LogP contribution in [-0.2, 0) is 6.42 Å². The summed E-state index contributed by atoms with van der Waals surface area (Å²) in [4.78, 5) is 2.40. The van der Waals surface area contributed by atoms with Crippen LogP contribution in [0.3, 0.4) is 0 Å². The van der Waals surface area contributed by atoms with Crippen molar-refractivity contribution in [2.75, 3.05) is 32.6 Å². The average Bonchev–Trinajstić information content (AvgIpc) is 2.39. The van der Waals surface area contributed by atoms with E-state index in [1.165, 1.54) is 29.7 Å². The fourth-order valence-electron chi connectivity index (χ4n) is 2.92. The van der Waals surface area contributed by atoms with Gasteiger partial charge in [0.15, 0.2) is 0 Å². The molecule has 0 spiro atoms. The van der Waals surface area contributed by atoms with E-state index in [1.807, 2.05) is 7.05 Å². The lowest BCUT2D eigenvalue weighted by molar-refractivity contribution is 0.407. The Morgan fingerprint density at radius 3 is 2.89 bits per heavy atom. The Balaban J connectivity index is 2.32. The van der Waals surface area contributed by atoms with Gasteiger partial charge in [0, 0.05) is 13.1 Å². The highest BCUT2D eigenvalue weighted by Crippen LogP contribution is 2.39. The minimum Gasteiger partial charge on any atom is -0.495 e. The molecule has 1 aliphatic rings. The molecule has 2 rings (SSSR count). The lowest BCUT2D eigenvalue weighted by atomic mass is 9.91. The van der Waals surface area contributed by atoms with Crippen LogP contribution in [0, 0.1) is 6.92 Å². The Bertz CT molecular complexity index is 417. The first-order chi connectivity index (χ1) is 8.69. The van der Waals surface area contributed by atoms with Gasteiger partial charge in [-0.25, -0.2) is 0 Å². The molecule has 1 aromatic carbocycles. The predicted octanol–water partition coefficient (Wildman–Crippen LogP) is 2.36. The van der Waals surface area contributed by atoms with Crippen LogP contribution in [0.4, 0.5) is 5.69 Å². The molecule has 0 saturated heterocycles. The molecular formula is C15H24N2O. The SMILES string of the molecule is CNCCC1CCc2c(C)ccc(OC)c2N1C. The third-order valence-electron chi connectivity index (χ3n) is 4.06. The van der Waals surface area contributed by atoms with Gasteiger partial charge >= 0.3 is 0 Å². The molecule has 1 N–H and O–H groups in total. The molecule has 0 fully saturated rings. The minimum atomic E-state index is 0.612. The summed E-state index contributed by atoms with van der Waals surface area (Å²) < 4.78 is 5.53. The molecule has 3 nitrogen and oxygen atoms in total. The highest BCUT2D eigenvalue weighted by atomic mass is 16.5. The Kier molecular flexibility index (Phi) is 4.12. The molecule has 1 heterocycles. The fourth-order valence-corrected chi connectivity index (χ4v) is 2.92. The van der Waals surface area contributed by atoms with Gasteiger partial charge in [0.1, 0.15) is 5.75 Å². The normalized spacial score (nSPS) is 18.7. The van der Waals surface area contributed by atoms with Crippen molar-refractivity contribution >= 4 is 5.69 Å². The first-order valence-corrected chi connectivity index (χ1v) is 6.73. The van der Waals surface area contributed by atoms with Crippen molar-refractivity contribution in [2.45, 2.75) is 32.2 Å². The maximum Gasteiger partial charge on any atom is 0.142 e. The average molecular weight is 248 g/mol. The Morgan fingerprint density at radius 2 is 2.22 bits per heavy atom. The second kappa shape index (κ2) is 5.61. The van der Waals surface area contributed by atoms with E-state index in [2.05, 4.69) is 36.3 Å². The lowest BCUT2D eigenvalue weighted by Gasteiger charge is -2.37. The summed E-state index contributed by atoms with van der Waals surface area (Å²) in [6.45, 7) is 3.26. The van der Waals surface area contributed by atoms with Gasteiger partial charge < -0.3 is 15.0 Å². The van der Waals surface area contributed by atoms with Crippen LogP contribution in [0.5, 0.6) is 5.75 Å². The molecule has 0 bridgehead atoms. The molecule has 0 saturated carbocycles. The second-order valence-corrected chi connectivity index (χ2v) is 5.11. The minimum absolute atomic E-state index is 0.612. The summed E-state index contributed by atoms with van der Waals surface area (Å²) in [5.74, 6) is 1.01. The summed E-state index contributed by atoms with van der Waals surface area (Å²) >= 11 is 0. The van der Waals surface area contributed by atoms with Gasteiger partial charge in [-0.15, -0.1) is 0 Å². The van der Waals surface area contributed by atoms with Gasteiger partial charge in [-0.1, -0.05) is 6.07 Å². The van der Waals surface area contributed by atoms with Crippen LogP contribution in [0.25, 0.3) is 0 Å². The summed E-state index contributed by atoms with van der Waals surface area (Å²) in [6.07, 6.45) is 3.58. The van der Waals surface area contributed by atoms with Crippen LogP contribution in [0.15, 0.2) is 12.1 Å². The number of methoxy groups -OCH3 is 1. The van der Waals surface area contributed by atoms with Crippen molar-refractivity contribution in [2.24, 2.45) is 0 Å². The maximum absolute atomic E-state index is 5.53. The molecule has 0 aliphatic carbocycles. The summed E-state index contributed by atoms with van der Waals surface area (Å²) in [5, 5.41) is 3.24. The van der Waals surface area contributed by atoms with E-state index in [0.29, 0.717) is 6.04 Å². The Hall–Kier alpha value is -1.22. The number of anilines is 1. The van der Waals surface area contributed by atoms with Crippen LogP contribution in [0.2, 0.25) is 0 Å². The monoisotopic (exact) mass is 248 g/mol. The third kappa shape index (κ3) is 2.32. The van der Waals surface area contributed by atoms with Gasteiger partial charge in [-0.3, -0.25) is 0 Å². The zero-order chi connectivity index (χ0) is 13.1. The van der Waals surface area contributed by atoms with Crippen LogP contribution >= 0.6 is 0 Å². The Labute approximate surface area is 110 Å². The van der Waals surface area contributed by atoms with E-state index in [9.17, 15) is 0 Å². The largest absolute Gasteiger partial charge is 0.495 e. The van der Waals surface area contributed by atoms with Gasteiger partial charge in [-0.2, -0.15) is 0 Å². The van der Waals surface area contributed by atoms with Gasteiger partial charge in [0.25, 0.3) is 0 Å². The topological polar surface area (TPSA) is 24.5 Å². The number of nitrogens with one attached hydrogen (secondary N) is 1. The van der Waals surface area contributed by atoms with Crippen molar-refractivity contribution < 1.29 is 4.74 Å². The first kappa shape index (κ1) is 13.2. The molecule has 18 heavy (non-hydrogen) atoms. The van der Waals surface area contributed by atoms with Crippen molar-refractivity contribution in [3.8, 4) is 5.75 Å². The van der Waals surface area contributed by atoms with Crippen LogP contribution < -0.4 is 15.0 Å².